The molecule has 2 aromatic carbocycles. The van der Waals surface area contributed by atoms with Crippen LogP contribution in [0.1, 0.15) is 71.4 Å². The second-order valence-electron chi connectivity index (χ2n) is 9.07. The van der Waals surface area contributed by atoms with Gasteiger partial charge in [-0.1, -0.05) is 100 Å². The van der Waals surface area contributed by atoms with Gasteiger partial charge in [0, 0.05) is 24.0 Å². The van der Waals surface area contributed by atoms with E-state index in [1.54, 1.807) is 0 Å². The summed E-state index contributed by atoms with van der Waals surface area (Å²) in [6.45, 7) is 11.0. The second kappa shape index (κ2) is 8.88. The molecule has 0 amide bonds. The van der Waals surface area contributed by atoms with E-state index in [4.69, 9.17) is 8.85 Å². The van der Waals surface area contributed by atoms with Gasteiger partial charge < -0.3 is 8.85 Å². The number of hydrogen-bond donors (Lipinski definition) is 0. The van der Waals surface area contributed by atoms with Gasteiger partial charge in [-0.25, -0.2) is 0 Å². The van der Waals surface area contributed by atoms with Crippen LogP contribution >= 0.6 is 0 Å². The van der Waals surface area contributed by atoms with Crippen LogP contribution in [-0.2, 0) is 14.5 Å². The molecule has 0 spiro atoms. The molecule has 1 heterocycles. The van der Waals surface area contributed by atoms with Gasteiger partial charge in [0.05, 0.1) is 0 Å². The number of unbranched alkanes of at least 4 members (excludes halogenated alkanes) is 2. The van der Waals surface area contributed by atoms with Crippen molar-refractivity contribution < 1.29 is 8.85 Å². The minimum atomic E-state index is -2.86. The van der Waals surface area contributed by atoms with Crippen molar-refractivity contribution in [1.82, 2.24) is 0 Å². The van der Waals surface area contributed by atoms with E-state index in [2.05, 4.69) is 107 Å². The molecule has 154 valence electrons. The highest BCUT2D eigenvalue weighted by molar-refractivity contribution is 6.78. The Balaban J connectivity index is 2.17. The maximum atomic E-state index is 7.19. The molecule has 3 heteroatoms. The molecule has 0 N–H and O–H groups in total. The second-order valence-corrected chi connectivity index (χ2v) is 12.5. The molecule has 3 rings (SSSR count). The Kier molecular flexibility index (Phi) is 6.68. The van der Waals surface area contributed by atoms with Crippen LogP contribution in [0.15, 0.2) is 60.7 Å². The third-order valence-electron chi connectivity index (χ3n) is 5.64. The van der Waals surface area contributed by atoms with Crippen LogP contribution < -0.4 is 0 Å². The fourth-order valence-electron chi connectivity index (χ4n) is 3.99. The molecular weight excluding hydrogens is 372 g/mol. The smallest absolute Gasteiger partial charge is 0.382 e. The zero-order chi connectivity index (χ0) is 21.0. The summed E-state index contributed by atoms with van der Waals surface area (Å²) in [7, 11) is -2.86. The van der Waals surface area contributed by atoms with Gasteiger partial charge in [0.25, 0.3) is 0 Å². The molecule has 2 aromatic rings. The first-order valence-electron chi connectivity index (χ1n) is 10.8. The highest BCUT2D eigenvalue weighted by atomic mass is 28.4. The lowest BCUT2D eigenvalue weighted by Gasteiger charge is -2.51. The summed E-state index contributed by atoms with van der Waals surface area (Å²) in [5, 5.41) is -0.171. The van der Waals surface area contributed by atoms with Gasteiger partial charge in [-0.05, 0) is 24.5 Å². The molecule has 0 bridgehead atoms. The maximum Gasteiger partial charge on any atom is 0.430 e. The molecule has 0 aliphatic carbocycles. The minimum Gasteiger partial charge on any atom is -0.382 e. The molecule has 0 unspecified atom stereocenters. The standard InChI is InChI=1S/C26H34O2Si/c1-6-7-8-15-20-29(25(3,4)5)27-22(2)21-26(28-29,23-16-11-9-12-17-23)24-18-13-10-14-19-24/h9-14,16-19,22H,6-8,21H2,1-5H3/t22-,29+/m1/s1. The van der Waals surface area contributed by atoms with Crippen molar-refractivity contribution in [2.75, 3.05) is 0 Å². The lowest BCUT2D eigenvalue weighted by Crippen LogP contribution is -2.61. The molecule has 0 radical (unpaired) electrons. The minimum absolute atomic E-state index is 0.0653. The van der Waals surface area contributed by atoms with Crippen molar-refractivity contribution in [3.63, 3.8) is 0 Å². The maximum absolute atomic E-state index is 7.19. The predicted molar refractivity (Wildman–Crippen MR) is 123 cm³/mol. The summed E-state index contributed by atoms with van der Waals surface area (Å²) in [6, 6.07) is 21.2. The summed E-state index contributed by atoms with van der Waals surface area (Å²) >= 11 is 0. The van der Waals surface area contributed by atoms with Crippen LogP contribution in [-0.4, -0.2) is 14.7 Å². The highest BCUT2D eigenvalue weighted by Crippen LogP contribution is 2.51. The van der Waals surface area contributed by atoms with E-state index >= 15 is 0 Å². The number of hydrogen-bond acceptors (Lipinski definition) is 2. The Labute approximate surface area is 177 Å². The molecule has 0 saturated carbocycles. The fourth-order valence-corrected chi connectivity index (χ4v) is 7.00. The zero-order valence-electron chi connectivity index (χ0n) is 18.5. The Morgan fingerprint density at radius 3 is 2.03 bits per heavy atom. The fraction of sp³-hybridized carbons (Fsp3) is 0.462. The van der Waals surface area contributed by atoms with Crippen molar-refractivity contribution >= 4 is 8.56 Å². The van der Waals surface area contributed by atoms with E-state index in [0.29, 0.717) is 0 Å². The van der Waals surface area contributed by atoms with E-state index in [1.165, 1.54) is 11.1 Å². The van der Waals surface area contributed by atoms with Gasteiger partial charge in [0.1, 0.15) is 5.60 Å². The van der Waals surface area contributed by atoms with Crippen LogP contribution in [0.5, 0.6) is 0 Å². The summed E-state index contributed by atoms with van der Waals surface area (Å²) in [4.78, 5) is 0. The zero-order valence-corrected chi connectivity index (χ0v) is 19.5. The predicted octanol–water partition coefficient (Wildman–Crippen LogP) is 6.73. The number of rotatable bonds is 4. The average Bonchev–Trinajstić information content (AvgIpc) is 2.71. The van der Waals surface area contributed by atoms with E-state index in [9.17, 15) is 0 Å². The van der Waals surface area contributed by atoms with Crippen LogP contribution in [0.2, 0.25) is 5.04 Å². The summed E-state index contributed by atoms with van der Waals surface area (Å²) < 4.78 is 13.9. The van der Waals surface area contributed by atoms with Gasteiger partial charge in [-0.2, -0.15) is 0 Å². The monoisotopic (exact) mass is 406 g/mol. The van der Waals surface area contributed by atoms with Crippen LogP contribution in [0, 0.1) is 11.5 Å². The van der Waals surface area contributed by atoms with Crippen molar-refractivity contribution in [2.45, 2.75) is 77.0 Å². The molecule has 29 heavy (non-hydrogen) atoms. The quantitative estimate of drug-likeness (QED) is 0.318. The van der Waals surface area contributed by atoms with Crippen molar-refractivity contribution in [3.05, 3.63) is 71.8 Å². The first kappa shape index (κ1) is 21.8. The van der Waals surface area contributed by atoms with E-state index < -0.39 is 14.2 Å². The van der Waals surface area contributed by atoms with Crippen LogP contribution in [0.3, 0.4) is 0 Å². The van der Waals surface area contributed by atoms with Crippen molar-refractivity contribution in [3.8, 4) is 11.5 Å². The van der Waals surface area contributed by atoms with Crippen LogP contribution in [0.25, 0.3) is 0 Å². The normalized spacial score (nSPS) is 23.8. The molecule has 1 saturated heterocycles. The van der Waals surface area contributed by atoms with Crippen LogP contribution in [0.4, 0.5) is 0 Å². The summed E-state index contributed by atoms with van der Waals surface area (Å²) in [5.74, 6) is 3.43. The van der Waals surface area contributed by atoms with Gasteiger partial charge in [0.2, 0.25) is 0 Å². The first-order valence-corrected chi connectivity index (χ1v) is 12.6. The van der Waals surface area contributed by atoms with Gasteiger partial charge in [0.15, 0.2) is 0 Å². The summed E-state index contributed by atoms with van der Waals surface area (Å²) in [5.41, 5.74) is 5.39. The lowest BCUT2D eigenvalue weighted by atomic mass is 9.82. The Hall–Kier alpha value is -1.86. The topological polar surface area (TPSA) is 18.5 Å². The van der Waals surface area contributed by atoms with Crippen molar-refractivity contribution in [2.24, 2.45) is 0 Å². The molecule has 1 aliphatic rings. The molecular formula is C26H34O2Si. The molecule has 2 nitrogen and oxygen atoms in total. The Morgan fingerprint density at radius 1 is 1.00 bits per heavy atom. The average molecular weight is 407 g/mol. The first-order chi connectivity index (χ1) is 13.8. The van der Waals surface area contributed by atoms with Gasteiger partial charge >= 0.3 is 8.56 Å². The molecule has 1 aliphatic heterocycles. The third-order valence-corrected chi connectivity index (χ3v) is 9.49. The summed E-state index contributed by atoms with van der Waals surface area (Å²) in [6.07, 6.45) is 4.00. The third kappa shape index (κ3) is 4.51. The molecule has 2 atom stereocenters. The Morgan fingerprint density at radius 2 is 1.55 bits per heavy atom. The largest absolute Gasteiger partial charge is 0.430 e. The van der Waals surface area contributed by atoms with Crippen molar-refractivity contribution in [1.29, 1.82) is 0 Å². The number of benzene rings is 2. The Bertz CT molecular complexity index is 806. The van der Waals surface area contributed by atoms with Gasteiger partial charge in [-0.15, -0.1) is 5.92 Å². The van der Waals surface area contributed by atoms with Gasteiger partial charge in [-0.3, -0.25) is 0 Å². The van der Waals surface area contributed by atoms with E-state index in [1.807, 2.05) is 0 Å². The highest BCUT2D eigenvalue weighted by Gasteiger charge is 2.59. The van der Waals surface area contributed by atoms with E-state index in [0.717, 1.165) is 25.7 Å². The molecule has 1 fully saturated rings. The van der Waals surface area contributed by atoms with E-state index in [-0.39, 0.29) is 11.1 Å². The SMILES string of the molecule is CCCCC#C[Si@]1(C(C)(C)C)O[C@H](C)CC(c2ccccc2)(c2ccccc2)O1. The molecule has 0 aromatic heterocycles. The lowest BCUT2D eigenvalue weighted by molar-refractivity contribution is -0.0485.